The predicted molar refractivity (Wildman–Crippen MR) is 82.8 cm³/mol. The van der Waals surface area contributed by atoms with Crippen LogP contribution in [0.5, 0.6) is 0 Å². The molecule has 1 atom stereocenters. The van der Waals surface area contributed by atoms with E-state index in [4.69, 9.17) is 22.4 Å². The Morgan fingerprint density at radius 3 is 2.63 bits per heavy atom. The Kier molecular flexibility index (Phi) is 6.79. The maximum absolute atomic E-state index is 8.97. The van der Waals surface area contributed by atoms with Gasteiger partial charge in [-0.3, -0.25) is 0 Å². The van der Waals surface area contributed by atoms with Crippen molar-refractivity contribution in [3.63, 3.8) is 0 Å². The second kappa shape index (κ2) is 7.61. The van der Waals surface area contributed by atoms with Crippen LogP contribution in [0.15, 0.2) is 0 Å². The first kappa shape index (κ1) is 16.9. The van der Waals surface area contributed by atoms with Gasteiger partial charge in [0.2, 0.25) is 0 Å². The monoisotopic (exact) mass is 326 g/mol. The van der Waals surface area contributed by atoms with Gasteiger partial charge in [-0.2, -0.15) is 0 Å². The van der Waals surface area contributed by atoms with E-state index in [2.05, 4.69) is 21.8 Å². The first-order valence-electron chi connectivity index (χ1n) is 6.05. The van der Waals surface area contributed by atoms with Crippen LogP contribution in [0, 0.1) is 0 Å². The average molecular weight is 327 g/mol. The van der Waals surface area contributed by atoms with Crippen LogP contribution < -0.4 is 10.6 Å². The molecule has 2 heterocycles. The quantitative estimate of drug-likeness (QED) is 0.858. The van der Waals surface area contributed by atoms with E-state index >= 15 is 0 Å². The van der Waals surface area contributed by atoms with Crippen LogP contribution in [0.25, 0.3) is 0 Å². The van der Waals surface area contributed by atoms with Crippen molar-refractivity contribution in [2.24, 2.45) is 5.73 Å². The van der Waals surface area contributed by atoms with Crippen LogP contribution in [0.4, 0.5) is 5.13 Å². The number of aromatic nitrogens is 1. The third kappa shape index (κ3) is 4.44. The zero-order valence-electron chi connectivity index (χ0n) is 10.9. The summed E-state index contributed by atoms with van der Waals surface area (Å²) in [5, 5.41) is 10.5. The second-order valence-corrected chi connectivity index (χ2v) is 6.07. The van der Waals surface area contributed by atoms with Crippen molar-refractivity contribution < 1.29 is 5.11 Å². The Labute approximate surface area is 128 Å². The summed E-state index contributed by atoms with van der Waals surface area (Å²) in [6, 6.07) is -0.261. The van der Waals surface area contributed by atoms with Gasteiger partial charge in [0, 0.05) is 43.5 Å². The highest BCUT2D eigenvalue weighted by molar-refractivity contribution is 7.16. The highest BCUT2D eigenvalue weighted by Gasteiger charge is 2.20. The van der Waals surface area contributed by atoms with E-state index in [9.17, 15) is 0 Å². The molecule has 1 aromatic rings. The van der Waals surface area contributed by atoms with Gasteiger partial charge in [0.15, 0.2) is 5.13 Å². The Balaban J connectivity index is 0.00000180. The van der Waals surface area contributed by atoms with E-state index in [1.54, 1.807) is 11.3 Å². The molecule has 1 unspecified atom stereocenters. The van der Waals surface area contributed by atoms with Crippen molar-refractivity contribution in [3.05, 3.63) is 10.0 Å². The number of anilines is 1. The molecule has 5 nitrogen and oxygen atoms in total. The third-order valence-electron chi connectivity index (χ3n) is 3.09. The molecule has 3 N–H and O–H groups in total. The lowest BCUT2D eigenvalue weighted by Gasteiger charge is -2.32. The predicted octanol–water partition coefficient (Wildman–Crippen LogP) is 0.832. The van der Waals surface area contributed by atoms with Gasteiger partial charge in [0.25, 0.3) is 0 Å². The number of hydrogen-bond donors (Lipinski definition) is 2. The molecule has 1 aromatic heterocycles. The van der Waals surface area contributed by atoms with E-state index < -0.39 is 0 Å². The molecule has 110 valence electrons. The fourth-order valence-corrected chi connectivity index (χ4v) is 3.30. The van der Waals surface area contributed by atoms with Gasteiger partial charge in [-0.1, -0.05) is 11.6 Å². The number of piperazine rings is 1. The first-order chi connectivity index (χ1) is 8.60. The number of likely N-dealkylation sites (N-methyl/N-ethyl adjacent to an activating group) is 1. The molecule has 2 rings (SSSR count). The summed E-state index contributed by atoms with van der Waals surface area (Å²) in [4.78, 5) is 9.92. The lowest BCUT2D eigenvalue weighted by molar-refractivity contribution is 0.265. The molecule has 0 aliphatic carbocycles. The number of rotatable bonds is 4. The van der Waals surface area contributed by atoms with Crippen LogP contribution in [-0.2, 0) is 6.42 Å². The molecule has 0 bridgehead atoms. The Hall–Kier alpha value is -0.110. The molecule has 0 saturated carbocycles. The zero-order valence-corrected chi connectivity index (χ0v) is 13.3. The second-order valence-electron chi connectivity index (χ2n) is 4.65. The van der Waals surface area contributed by atoms with E-state index in [1.807, 2.05) is 0 Å². The van der Waals surface area contributed by atoms with Crippen molar-refractivity contribution in [2.75, 3.05) is 44.7 Å². The smallest absolute Gasteiger partial charge is 0.187 e. The normalized spacial score (nSPS) is 18.2. The third-order valence-corrected chi connectivity index (χ3v) is 4.66. The summed E-state index contributed by atoms with van der Waals surface area (Å²) in [5.41, 5.74) is 5.73. The summed E-state index contributed by atoms with van der Waals surface area (Å²) in [5.74, 6) is 0. The zero-order chi connectivity index (χ0) is 13.1. The molecular formula is C11H20Cl2N4OS. The minimum atomic E-state index is -0.261. The summed E-state index contributed by atoms with van der Waals surface area (Å²) in [7, 11) is 2.12. The minimum Gasteiger partial charge on any atom is -0.395 e. The summed E-state index contributed by atoms with van der Waals surface area (Å²) >= 11 is 7.70. The first-order valence-corrected chi connectivity index (χ1v) is 7.24. The highest BCUT2D eigenvalue weighted by atomic mass is 35.5. The number of hydrogen-bond acceptors (Lipinski definition) is 6. The molecule has 1 saturated heterocycles. The topological polar surface area (TPSA) is 65.6 Å². The van der Waals surface area contributed by atoms with Gasteiger partial charge in [0.1, 0.15) is 5.15 Å². The Morgan fingerprint density at radius 2 is 2.05 bits per heavy atom. The van der Waals surface area contributed by atoms with Crippen molar-refractivity contribution in [1.29, 1.82) is 0 Å². The van der Waals surface area contributed by atoms with Crippen molar-refractivity contribution in [2.45, 2.75) is 12.5 Å². The molecule has 1 fully saturated rings. The number of aliphatic hydroxyl groups is 1. The summed E-state index contributed by atoms with van der Waals surface area (Å²) in [6.45, 7) is 4.01. The van der Waals surface area contributed by atoms with Gasteiger partial charge in [-0.25, -0.2) is 4.98 Å². The molecule has 8 heteroatoms. The maximum atomic E-state index is 8.97. The van der Waals surface area contributed by atoms with Gasteiger partial charge in [0.05, 0.1) is 6.61 Å². The Bertz CT molecular complexity index is 396. The highest BCUT2D eigenvalue weighted by Crippen LogP contribution is 2.30. The number of nitrogens with zero attached hydrogens (tertiary/aromatic N) is 3. The molecule has 0 spiro atoms. The van der Waals surface area contributed by atoms with E-state index in [1.165, 1.54) is 0 Å². The number of aliphatic hydroxyl groups excluding tert-OH is 1. The van der Waals surface area contributed by atoms with Gasteiger partial charge in [-0.15, -0.1) is 23.7 Å². The van der Waals surface area contributed by atoms with Crippen molar-refractivity contribution in [3.8, 4) is 0 Å². The van der Waals surface area contributed by atoms with E-state index in [-0.39, 0.29) is 25.1 Å². The van der Waals surface area contributed by atoms with Crippen molar-refractivity contribution >= 4 is 40.5 Å². The number of thiazole rings is 1. The molecule has 0 radical (unpaired) electrons. The largest absolute Gasteiger partial charge is 0.395 e. The lowest BCUT2D eigenvalue weighted by atomic mass is 10.2. The number of halogens is 2. The van der Waals surface area contributed by atoms with Crippen LogP contribution in [-0.4, -0.2) is 60.9 Å². The fourth-order valence-electron chi connectivity index (χ4n) is 1.88. The fraction of sp³-hybridized carbons (Fsp3) is 0.727. The molecule has 19 heavy (non-hydrogen) atoms. The average Bonchev–Trinajstić information content (AvgIpc) is 2.71. The Morgan fingerprint density at radius 1 is 1.42 bits per heavy atom. The maximum Gasteiger partial charge on any atom is 0.187 e. The van der Waals surface area contributed by atoms with Gasteiger partial charge < -0.3 is 20.6 Å². The SMILES string of the molecule is CN1CCN(c2nc(Cl)c(CC(N)CO)s2)CC1.Cl. The van der Waals surface area contributed by atoms with Crippen LogP contribution >= 0.6 is 35.3 Å². The molecule has 1 aliphatic rings. The minimum absolute atomic E-state index is 0. The van der Waals surface area contributed by atoms with Gasteiger partial charge >= 0.3 is 0 Å². The summed E-state index contributed by atoms with van der Waals surface area (Å²) < 4.78 is 0. The van der Waals surface area contributed by atoms with Crippen LogP contribution in [0.1, 0.15) is 4.88 Å². The lowest BCUT2D eigenvalue weighted by Crippen LogP contribution is -2.44. The van der Waals surface area contributed by atoms with Crippen LogP contribution in [0.2, 0.25) is 5.15 Å². The molecule has 1 aliphatic heterocycles. The van der Waals surface area contributed by atoms with E-state index in [0.29, 0.717) is 11.6 Å². The summed E-state index contributed by atoms with van der Waals surface area (Å²) in [6.07, 6.45) is 0.584. The van der Waals surface area contributed by atoms with E-state index in [0.717, 1.165) is 36.2 Å². The number of nitrogens with two attached hydrogens (primary N) is 1. The molecular weight excluding hydrogens is 307 g/mol. The molecule has 0 amide bonds. The van der Waals surface area contributed by atoms with Crippen molar-refractivity contribution in [1.82, 2.24) is 9.88 Å². The van der Waals surface area contributed by atoms with Gasteiger partial charge in [-0.05, 0) is 7.05 Å². The molecule has 0 aromatic carbocycles. The van der Waals surface area contributed by atoms with Crippen LogP contribution in [0.3, 0.4) is 0 Å². The standard InChI is InChI=1S/C11H19ClN4OS.ClH/c1-15-2-4-16(5-3-15)11-14-10(12)9(18-11)6-8(13)7-17;/h8,17H,2-7,13H2,1H3;1H.